The van der Waals surface area contributed by atoms with Crippen molar-refractivity contribution in [3.63, 3.8) is 0 Å². The molecule has 0 N–H and O–H groups in total. The monoisotopic (exact) mass is 525 g/mol. The van der Waals surface area contributed by atoms with Crippen LogP contribution >= 0.6 is 15.8 Å². The molecule has 0 aliphatic heterocycles. The topological polar surface area (TPSA) is 0 Å². The molecular formula is C26H23Cl2NiP2. The molecule has 31 heavy (non-hydrogen) atoms. The van der Waals surface area contributed by atoms with Crippen molar-refractivity contribution in [3.8, 4) is 0 Å². The van der Waals surface area contributed by atoms with Crippen LogP contribution in [0.15, 0.2) is 121 Å². The molecule has 5 heteroatoms. The Morgan fingerprint density at radius 3 is 0.871 bits per heavy atom. The van der Waals surface area contributed by atoms with Crippen LogP contribution in [0.25, 0.3) is 0 Å². The summed E-state index contributed by atoms with van der Waals surface area (Å²) < 4.78 is 0. The molecule has 0 saturated heterocycles. The molecule has 0 heterocycles. The van der Waals surface area contributed by atoms with E-state index in [0.29, 0.717) is 5.40 Å². The molecule has 0 spiro atoms. The van der Waals surface area contributed by atoms with Gasteiger partial charge in [-0.3, -0.25) is 0 Å². The van der Waals surface area contributed by atoms with Gasteiger partial charge in [0.2, 0.25) is 0 Å². The SMILES string of the molecule is [Cl-].[Cl-].[Ni+2][CH2]C(P(c1ccccc1)c1ccccc1)P(c1ccccc1)c1ccccc1. The van der Waals surface area contributed by atoms with Gasteiger partial charge in [-0.15, -0.1) is 0 Å². The second-order valence-corrected chi connectivity index (χ2v) is 12.3. The number of rotatable bonds is 7. The molecule has 0 aliphatic rings. The molecule has 4 aromatic rings. The van der Waals surface area contributed by atoms with Crippen molar-refractivity contribution in [2.45, 2.75) is 10.8 Å². The summed E-state index contributed by atoms with van der Waals surface area (Å²) in [5, 5.41) is 6.84. The summed E-state index contributed by atoms with van der Waals surface area (Å²) in [6.45, 7) is 0. The third-order valence-corrected chi connectivity index (χ3v) is 12.2. The maximum atomic E-state index is 5.51. The summed E-state index contributed by atoms with van der Waals surface area (Å²) in [6.07, 6.45) is 0. The van der Waals surface area contributed by atoms with E-state index in [0.717, 1.165) is 5.39 Å². The third-order valence-electron chi connectivity index (χ3n) is 4.85. The fourth-order valence-electron chi connectivity index (χ4n) is 3.57. The Bertz CT molecular complexity index is 841. The zero-order valence-electron chi connectivity index (χ0n) is 16.8. The first-order chi connectivity index (χ1) is 14.4. The minimum absolute atomic E-state index is 0. The summed E-state index contributed by atoms with van der Waals surface area (Å²) in [5.41, 5.74) is 0. The predicted octanol–water partition coefficient (Wildman–Crippen LogP) is -0.449. The second-order valence-electron chi connectivity index (χ2n) is 6.69. The van der Waals surface area contributed by atoms with Crippen molar-refractivity contribution < 1.29 is 40.3 Å². The van der Waals surface area contributed by atoms with Gasteiger partial charge in [0.15, 0.2) is 0 Å². The Morgan fingerprint density at radius 2 is 0.677 bits per heavy atom. The van der Waals surface area contributed by atoms with Crippen LogP contribution in [0.1, 0.15) is 0 Å². The quantitative estimate of drug-likeness (QED) is 0.226. The van der Waals surface area contributed by atoms with E-state index in [9.17, 15) is 0 Å². The molecule has 0 aromatic heterocycles. The molecule has 0 nitrogen and oxygen atoms in total. The van der Waals surface area contributed by atoms with E-state index < -0.39 is 15.8 Å². The van der Waals surface area contributed by atoms with Crippen molar-refractivity contribution in [1.82, 2.24) is 0 Å². The summed E-state index contributed by atoms with van der Waals surface area (Å²) in [5.74, 6) is 0. The van der Waals surface area contributed by atoms with E-state index in [4.69, 9.17) is 15.5 Å². The Kier molecular flexibility index (Phi) is 11.3. The van der Waals surface area contributed by atoms with Gasteiger partial charge < -0.3 is 24.8 Å². The Balaban J connectivity index is 0.00000171. The molecule has 0 amide bonds. The molecule has 4 rings (SSSR count). The Morgan fingerprint density at radius 1 is 0.452 bits per heavy atom. The summed E-state index contributed by atoms with van der Waals surface area (Å²) in [4.78, 5) is 0. The predicted molar refractivity (Wildman–Crippen MR) is 127 cm³/mol. The van der Waals surface area contributed by atoms with E-state index in [1.165, 1.54) is 21.2 Å². The van der Waals surface area contributed by atoms with Gasteiger partial charge in [-0.05, 0) is 0 Å². The molecular weight excluding hydrogens is 504 g/mol. The average Bonchev–Trinajstić information content (AvgIpc) is 2.81. The fourth-order valence-corrected chi connectivity index (χ4v) is 11.4. The number of hydrogen-bond acceptors (Lipinski definition) is 0. The van der Waals surface area contributed by atoms with Crippen LogP contribution in [-0.2, 0) is 15.5 Å². The van der Waals surface area contributed by atoms with Crippen molar-refractivity contribution in [2.75, 3.05) is 0 Å². The molecule has 0 bridgehead atoms. The Hall–Kier alpha value is -1.19. The average molecular weight is 527 g/mol. The number of benzene rings is 4. The zero-order chi connectivity index (χ0) is 19.9. The maximum absolute atomic E-state index is 5.51. The summed E-state index contributed by atoms with van der Waals surface area (Å²) in [7, 11) is -1.13. The fraction of sp³-hybridized carbons (Fsp3) is 0.0769. The first kappa shape index (κ1) is 26.1. The normalized spacial score (nSPS) is 10.6. The van der Waals surface area contributed by atoms with E-state index >= 15 is 0 Å². The van der Waals surface area contributed by atoms with Crippen molar-refractivity contribution in [3.05, 3.63) is 121 Å². The zero-order valence-corrected chi connectivity index (χ0v) is 21.1. The van der Waals surface area contributed by atoms with Crippen LogP contribution in [0.3, 0.4) is 0 Å². The minimum atomic E-state index is -0.566. The second kappa shape index (κ2) is 13.4. The summed E-state index contributed by atoms with van der Waals surface area (Å²) >= 11 is 5.51. The van der Waals surface area contributed by atoms with Crippen LogP contribution in [0.2, 0.25) is 5.39 Å². The van der Waals surface area contributed by atoms with Crippen LogP contribution in [-0.4, -0.2) is 5.40 Å². The molecule has 4 aromatic carbocycles. The van der Waals surface area contributed by atoms with Gasteiger partial charge in [0.05, 0.1) is 0 Å². The van der Waals surface area contributed by atoms with Crippen LogP contribution in [0.5, 0.6) is 0 Å². The standard InChI is InChI=1S/C26H23P2.2ClH.Ni/c1-22(27(23-14-6-2-7-15-23)24-16-8-3-9-17-24)28(25-18-10-4-11-19-25)26-20-12-5-13-21-26;;;/h2-22H,1H2;2*1H;/q;;;+2/p-2. The van der Waals surface area contributed by atoms with Gasteiger partial charge in [-0.2, -0.15) is 0 Å². The van der Waals surface area contributed by atoms with Gasteiger partial charge in [0.1, 0.15) is 0 Å². The van der Waals surface area contributed by atoms with Gasteiger partial charge in [-0.1, -0.05) is 0 Å². The van der Waals surface area contributed by atoms with Gasteiger partial charge in [-0.25, -0.2) is 0 Å². The van der Waals surface area contributed by atoms with Crippen molar-refractivity contribution in [1.29, 1.82) is 0 Å². The first-order valence-electron chi connectivity index (χ1n) is 9.69. The third kappa shape index (κ3) is 6.42. The molecule has 0 aliphatic carbocycles. The van der Waals surface area contributed by atoms with Crippen molar-refractivity contribution >= 4 is 37.1 Å². The van der Waals surface area contributed by atoms with E-state index in [-0.39, 0.29) is 24.8 Å². The van der Waals surface area contributed by atoms with E-state index in [1.807, 2.05) is 0 Å². The van der Waals surface area contributed by atoms with Gasteiger partial charge in [0.25, 0.3) is 0 Å². The van der Waals surface area contributed by atoms with E-state index in [2.05, 4.69) is 121 Å². The van der Waals surface area contributed by atoms with Crippen LogP contribution < -0.4 is 46.0 Å². The van der Waals surface area contributed by atoms with Gasteiger partial charge in [0, 0.05) is 0 Å². The number of halogens is 2. The van der Waals surface area contributed by atoms with Crippen molar-refractivity contribution in [2.24, 2.45) is 0 Å². The molecule has 0 saturated carbocycles. The molecule has 161 valence electrons. The van der Waals surface area contributed by atoms with Crippen LogP contribution in [0.4, 0.5) is 0 Å². The molecule has 0 fully saturated rings. The number of hydrogen-bond donors (Lipinski definition) is 0. The first-order valence-corrected chi connectivity index (χ1v) is 13.2. The molecule has 0 radical (unpaired) electrons. The molecule has 0 atom stereocenters. The van der Waals surface area contributed by atoms with E-state index in [1.54, 1.807) is 0 Å². The van der Waals surface area contributed by atoms with Gasteiger partial charge >= 0.3 is 185 Å². The Labute approximate surface area is 208 Å². The summed E-state index contributed by atoms with van der Waals surface area (Å²) in [6, 6.07) is 43.9. The van der Waals surface area contributed by atoms with Crippen LogP contribution in [0, 0.1) is 0 Å². The molecule has 0 unspecified atom stereocenters.